The molecule has 20 heavy (non-hydrogen) atoms. The first-order valence-electron chi connectivity index (χ1n) is 7.42. The highest BCUT2D eigenvalue weighted by Crippen LogP contribution is 2.20. The molecule has 0 aliphatic heterocycles. The minimum Gasteiger partial charge on any atom is -0.497 e. The molecule has 3 nitrogen and oxygen atoms in total. The molecule has 2 heterocycles. The molecule has 2 rings (SSSR count). The average molecular weight is 274 g/mol. The van der Waals surface area contributed by atoms with Gasteiger partial charge in [0, 0.05) is 37.1 Å². The molecule has 2 aromatic heterocycles. The Hall–Kier alpha value is -1.48. The summed E-state index contributed by atoms with van der Waals surface area (Å²) < 4.78 is 7.48. The Morgan fingerprint density at radius 3 is 2.35 bits per heavy atom. The van der Waals surface area contributed by atoms with Crippen LogP contribution >= 0.6 is 0 Å². The van der Waals surface area contributed by atoms with Crippen LogP contribution in [0.25, 0.3) is 5.52 Å². The molecule has 0 aromatic carbocycles. The van der Waals surface area contributed by atoms with E-state index in [1.54, 1.807) is 7.11 Å². The maximum atomic E-state index is 5.32. The van der Waals surface area contributed by atoms with Gasteiger partial charge in [-0.25, -0.2) is 0 Å². The van der Waals surface area contributed by atoms with Gasteiger partial charge in [0.1, 0.15) is 5.75 Å². The second kappa shape index (κ2) is 6.31. The second-order valence-corrected chi connectivity index (χ2v) is 5.88. The predicted molar refractivity (Wildman–Crippen MR) is 84.6 cm³/mol. The topological polar surface area (TPSA) is 16.9 Å². The van der Waals surface area contributed by atoms with Crippen molar-refractivity contribution in [2.45, 2.75) is 46.2 Å². The molecular formula is C17H26N2O. The van der Waals surface area contributed by atoms with Crippen molar-refractivity contribution in [3.63, 3.8) is 0 Å². The summed E-state index contributed by atoms with van der Waals surface area (Å²) in [5.41, 5.74) is 2.63. The molecule has 110 valence electrons. The maximum Gasteiger partial charge on any atom is 0.122 e. The summed E-state index contributed by atoms with van der Waals surface area (Å²) in [5.74, 6) is 0.919. The second-order valence-electron chi connectivity index (χ2n) is 5.88. The Balaban J connectivity index is 2.17. The quantitative estimate of drug-likeness (QED) is 0.800. The number of methoxy groups -OCH3 is 1. The van der Waals surface area contributed by atoms with Gasteiger partial charge in [-0.3, -0.25) is 4.90 Å². The largest absolute Gasteiger partial charge is 0.497 e. The van der Waals surface area contributed by atoms with Crippen LogP contribution in [0.5, 0.6) is 5.75 Å². The van der Waals surface area contributed by atoms with E-state index in [1.165, 1.54) is 11.1 Å². The molecule has 2 aromatic rings. The van der Waals surface area contributed by atoms with E-state index in [1.807, 2.05) is 6.07 Å². The van der Waals surface area contributed by atoms with Crippen molar-refractivity contribution < 1.29 is 4.74 Å². The molecule has 0 aliphatic rings. The van der Waals surface area contributed by atoms with Gasteiger partial charge >= 0.3 is 0 Å². The van der Waals surface area contributed by atoms with Crippen LogP contribution in [-0.2, 0) is 6.42 Å². The molecular weight excluding hydrogens is 248 g/mol. The molecule has 0 unspecified atom stereocenters. The standard InChI is InChI=1S/C17H26N2O/c1-13(2)19(14(3)4)11-7-15-6-9-18-10-8-16(20-5)12-17(15)18/h6,8-10,12-14H,7,11H2,1-5H3. The van der Waals surface area contributed by atoms with Crippen LogP contribution in [0.4, 0.5) is 0 Å². The zero-order chi connectivity index (χ0) is 14.7. The molecule has 0 bridgehead atoms. The minimum atomic E-state index is 0.582. The number of ether oxygens (including phenoxy) is 1. The summed E-state index contributed by atoms with van der Waals surface area (Å²) in [5, 5.41) is 0. The number of nitrogens with zero attached hydrogens (tertiary/aromatic N) is 2. The number of hydrogen-bond donors (Lipinski definition) is 0. The summed E-state index contributed by atoms with van der Waals surface area (Å²) in [6.07, 6.45) is 5.25. The Morgan fingerprint density at radius 1 is 1.10 bits per heavy atom. The van der Waals surface area contributed by atoms with Gasteiger partial charge in [0.15, 0.2) is 0 Å². The summed E-state index contributed by atoms with van der Waals surface area (Å²) in [4.78, 5) is 2.53. The number of rotatable bonds is 6. The summed E-state index contributed by atoms with van der Waals surface area (Å²) >= 11 is 0. The van der Waals surface area contributed by atoms with Crippen LogP contribution in [0.15, 0.2) is 30.6 Å². The van der Waals surface area contributed by atoms with Crippen LogP contribution < -0.4 is 4.74 Å². The van der Waals surface area contributed by atoms with Crippen molar-refractivity contribution in [3.8, 4) is 5.75 Å². The smallest absolute Gasteiger partial charge is 0.122 e. The van der Waals surface area contributed by atoms with Crippen LogP contribution in [0.2, 0.25) is 0 Å². The third-order valence-corrected chi connectivity index (χ3v) is 3.92. The number of hydrogen-bond acceptors (Lipinski definition) is 2. The molecule has 3 heteroatoms. The number of pyridine rings is 1. The number of fused-ring (bicyclic) bond motifs is 1. The van der Waals surface area contributed by atoms with Crippen LogP contribution in [0, 0.1) is 0 Å². The van der Waals surface area contributed by atoms with E-state index >= 15 is 0 Å². The first-order chi connectivity index (χ1) is 9.52. The summed E-state index contributed by atoms with van der Waals surface area (Å²) in [6.45, 7) is 10.1. The van der Waals surface area contributed by atoms with E-state index < -0.39 is 0 Å². The molecule has 0 N–H and O–H groups in total. The van der Waals surface area contributed by atoms with Crippen molar-refractivity contribution in [3.05, 3.63) is 36.2 Å². The molecule has 0 saturated heterocycles. The lowest BCUT2D eigenvalue weighted by Gasteiger charge is -2.30. The highest BCUT2D eigenvalue weighted by molar-refractivity contribution is 5.58. The van der Waals surface area contributed by atoms with E-state index in [0.29, 0.717) is 12.1 Å². The Labute approximate surface area is 122 Å². The monoisotopic (exact) mass is 274 g/mol. The van der Waals surface area contributed by atoms with Gasteiger partial charge in [-0.1, -0.05) is 0 Å². The van der Waals surface area contributed by atoms with Crippen LogP contribution in [0.3, 0.4) is 0 Å². The van der Waals surface area contributed by atoms with E-state index in [9.17, 15) is 0 Å². The fourth-order valence-corrected chi connectivity index (χ4v) is 2.84. The lowest BCUT2D eigenvalue weighted by Crippen LogP contribution is -2.38. The SMILES string of the molecule is COc1ccn2ccc(CCN(C(C)C)C(C)C)c2c1. The lowest BCUT2D eigenvalue weighted by atomic mass is 10.1. The van der Waals surface area contributed by atoms with Gasteiger partial charge in [-0.15, -0.1) is 0 Å². The Kier molecular flexibility index (Phi) is 4.71. The Morgan fingerprint density at radius 2 is 1.75 bits per heavy atom. The van der Waals surface area contributed by atoms with Gasteiger partial charge in [0.05, 0.1) is 12.6 Å². The first-order valence-corrected chi connectivity index (χ1v) is 7.42. The third kappa shape index (κ3) is 3.15. The van der Waals surface area contributed by atoms with Gasteiger partial charge < -0.3 is 9.14 Å². The van der Waals surface area contributed by atoms with Gasteiger partial charge in [0.25, 0.3) is 0 Å². The summed E-state index contributed by atoms with van der Waals surface area (Å²) in [6, 6.07) is 7.49. The minimum absolute atomic E-state index is 0.582. The van der Waals surface area contributed by atoms with E-state index in [-0.39, 0.29) is 0 Å². The molecule has 0 aliphatic carbocycles. The summed E-state index contributed by atoms with van der Waals surface area (Å²) in [7, 11) is 1.72. The van der Waals surface area contributed by atoms with Crippen LogP contribution in [-0.4, -0.2) is 35.0 Å². The molecule has 0 amide bonds. The normalized spacial score (nSPS) is 12.0. The highest BCUT2D eigenvalue weighted by Gasteiger charge is 2.14. The lowest BCUT2D eigenvalue weighted by molar-refractivity contribution is 0.177. The van der Waals surface area contributed by atoms with E-state index in [2.05, 4.69) is 61.5 Å². The molecule has 0 saturated carbocycles. The predicted octanol–water partition coefficient (Wildman–Crippen LogP) is 3.61. The van der Waals surface area contributed by atoms with Crippen molar-refractivity contribution in [2.75, 3.05) is 13.7 Å². The third-order valence-electron chi connectivity index (χ3n) is 3.92. The zero-order valence-corrected chi connectivity index (χ0v) is 13.3. The van der Waals surface area contributed by atoms with Crippen molar-refractivity contribution in [2.24, 2.45) is 0 Å². The zero-order valence-electron chi connectivity index (χ0n) is 13.3. The molecule has 0 radical (unpaired) electrons. The number of aromatic nitrogens is 1. The van der Waals surface area contributed by atoms with E-state index in [4.69, 9.17) is 4.74 Å². The van der Waals surface area contributed by atoms with Gasteiger partial charge in [-0.05, 0) is 51.8 Å². The van der Waals surface area contributed by atoms with Crippen LogP contribution in [0.1, 0.15) is 33.3 Å². The maximum absolute atomic E-state index is 5.32. The van der Waals surface area contributed by atoms with E-state index in [0.717, 1.165) is 18.7 Å². The van der Waals surface area contributed by atoms with Crippen molar-refractivity contribution >= 4 is 5.52 Å². The molecule has 0 fully saturated rings. The average Bonchev–Trinajstić information content (AvgIpc) is 2.80. The van der Waals surface area contributed by atoms with Gasteiger partial charge in [0.2, 0.25) is 0 Å². The van der Waals surface area contributed by atoms with Gasteiger partial charge in [-0.2, -0.15) is 0 Å². The fraction of sp³-hybridized carbons (Fsp3) is 0.529. The first kappa shape index (κ1) is 14.9. The Bertz CT molecular complexity index is 549. The van der Waals surface area contributed by atoms with Crippen molar-refractivity contribution in [1.82, 2.24) is 9.30 Å². The highest BCUT2D eigenvalue weighted by atomic mass is 16.5. The fourth-order valence-electron chi connectivity index (χ4n) is 2.84. The molecule has 0 atom stereocenters. The van der Waals surface area contributed by atoms with Crippen molar-refractivity contribution in [1.29, 1.82) is 0 Å². The molecule has 0 spiro atoms.